The Labute approximate surface area is 195 Å². The fraction of sp³-hybridized carbons (Fsp3) is 0.185. The van der Waals surface area contributed by atoms with Crippen LogP contribution in [0.25, 0.3) is 5.76 Å². The number of amides is 1. The summed E-state index contributed by atoms with van der Waals surface area (Å²) in [4.78, 5) is 27.6. The van der Waals surface area contributed by atoms with Crippen LogP contribution in [0.15, 0.2) is 78.4 Å². The number of nitrogens with zero attached hydrogens (tertiary/aromatic N) is 1. The Morgan fingerprint density at radius 1 is 0.941 bits per heavy atom. The number of benzene rings is 3. The van der Waals surface area contributed by atoms with Crippen molar-refractivity contribution in [3.63, 3.8) is 0 Å². The molecule has 1 saturated heterocycles. The van der Waals surface area contributed by atoms with Crippen LogP contribution in [-0.4, -0.2) is 41.5 Å². The molecule has 2 heterocycles. The molecule has 0 spiro atoms. The van der Waals surface area contributed by atoms with Gasteiger partial charge in [-0.25, -0.2) is 4.39 Å². The number of halogens is 1. The van der Waals surface area contributed by atoms with Crippen molar-refractivity contribution in [2.75, 3.05) is 19.8 Å². The predicted octanol–water partition coefficient (Wildman–Crippen LogP) is 4.26. The molecule has 172 valence electrons. The summed E-state index contributed by atoms with van der Waals surface area (Å²) in [5.41, 5.74) is 1.83. The molecule has 7 heteroatoms. The topological polar surface area (TPSA) is 76.1 Å². The fourth-order valence-electron chi connectivity index (χ4n) is 4.34. The first-order chi connectivity index (χ1) is 16.5. The van der Waals surface area contributed by atoms with E-state index in [1.807, 2.05) is 30.3 Å². The minimum Gasteiger partial charge on any atom is -0.507 e. The quantitative estimate of drug-likeness (QED) is 0.351. The zero-order valence-corrected chi connectivity index (χ0v) is 18.2. The maximum absolute atomic E-state index is 13.6. The largest absolute Gasteiger partial charge is 0.507 e. The molecule has 0 aromatic heterocycles. The van der Waals surface area contributed by atoms with E-state index in [1.165, 1.54) is 29.2 Å². The van der Waals surface area contributed by atoms with Crippen LogP contribution in [0.5, 0.6) is 11.5 Å². The highest BCUT2D eigenvalue weighted by molar-refractivity contribution is 6.46. The van der Waals surface area contributed by atoms with Gasteiger partial charge in [-0.1, -0.05) is 42.5 Å². The van der Waals surface area contributed by atoms with Crippen molar-refractivity contribution in [2.24, 2.45) is 0 Å². The van der Waals surface area contributed by atoms with Crippen molar-refractivity contribution in [1.29, 1.82) is 0 Å². The molecule has 1 atom stereocenters. The lowest BCUT2D eigenvalue weighted by Gasteiger charge is -2.25. The molecule has 3 aromatic rings. The van der Waals surface area contributed by atoms with E-state index >= 15 is 0 Å². The van der Waals surface area contributed by atoms with E-state index in [4.69, 9.17) is 9.47 Å². The Balaban J connectivity index is 1.57. The number of hydrogen-bond donors (Lipinski definition) is 1. The molecular formula is C27H22FNO5. The average Bonchev–Trinajstić information content (AvgIpc) is 3.12. The molecule has 0 saturated carbocycles. The highest BCUT2D eigenvalue weighted by atomic mass is 19.1. The first-order valence-corrected chi connectivity index (χ1v) is 11.0. The van der Waals surface area contributed by atoms with E-state index in [2.05, 4.69) is 0 Å². The highest BCUT2D eigenvalue weighted by Gasteiger charge is 2.45. The van der Waals surface area contributed by atoms with Crippen molar-refractivity contribution in [3.05, 3.63) is 101 Å². The second kappa shape index (κ2) is 9.02. The van der Waals surface area contributed by atoms with Crippen molar-refractivity contribution in [2.45, 2.75) is 12.5 Å². The molecule has 34 heavy (non-hydrogen) atoms. The highest BCUT2D eigenvalue weighted by Crippen LogP contribution is 2.41. The molecule has 3 aromatic carbocycles. The van der Waals surface area contributed by atoms with Crippen LogP contribution in [0.3, 0.4) is 0 Å². The van der Waals surface area contributed by atoms with Crippen molar-refractivity contribution >= 4 is 17.4 Å². The number of aliphatic hydroxyl groups excluding tert-OH is 1. The van der Waals surface area contributed by atoms with Gasteiger partial charge in [-0.15, -0.1) is 0 Å². The number of ether oxygens (including phenoxy) is 2. The van der Waals surface area contributed by atoms with E-state index in [-0.39, 0.29) is 17.9 Å². The zero-order chi connectivity index (χ0) is 23.7. The monoisotopic (exact) mass is 459 g/mol. The number of fused-ring (bicyclic) bond motifs is 1. The van der Waals surface area contributed by atoms with Gasteiger partial charge in [0.05, 0.1) is 11.6 Å². The van der Waals surface area contributed by atoms with Crippen molar-refractivity contribution in [3.8, 4) is 11.5 Å². The molecule has 1 unspecified atom stereocenters. The number of Topliss-reactive ketones (excluding diaryl/α,β-unsaturated/α-hetero) is 1. The summed E-state index contributed by atoms with van der Waals surface area (Å²) < 4.78 is 24.8. The van der Waals surface area contributed by atoms with Gasteiger partial charge < -0.3 is 19.5 Å². The summed E-state index contributed by atoms with van der Waals surface area (Å²) in [6, 6.07) is 19.2. The van der Waals surface area contributed by atoms with Gasteiger partial charge >= 0.3 is 0 Å². The van der Waals surface area contributed by atoms with Crippen LogP contribution in [-0.2, 0) is 16.0 Å². The minimum atomic E-state index is -0.850. The lowest BCUT2D eigenvalue weighted by atomic mass is 9.95. The van der Waals surface area contributed by atoms with E-state index in [0.717, 1.165) is 5.56 Å². The van der Waals surface area contributed by atoms with E-state index in [9.17, 15) is 19.1 Å². The number of carbonyl (C=O) groups is 2. The molecule has 1 fully saturated rings. The molecule has 1 N–H and O–H groups in total. The molecule has 1 amide bonds. The smallest absolute Gasteiger partial charge is 0.295 e. The minimum absolute atomic E-state index is 0.0404. The predicted molar refractivity (Wildman–Crippen MR) is 123 cm³/mol. The SMILES string of the molecule is O=C1C(=O)N(CCc2ccccc2)C(c2ccc(F)cc2)C1=C(O)c1ccc2c(c1)OCCO2. The molecule has 0 aliphatic carbocycles. The number of hydrogen-bond acceptors (Lipinski definition) is 5. The van der Waals surface area contributed by atoms with Crippen LogP contribution in [0, 0.1) is 5.82 Å². The Morgan fingerprint density at radius 2 is 1.65 bits per heavy atom. The van der Waals surface area contributed by atoms with Gasteiger partial charge in [0, 0.05) is 12.1 Å². The third kappa shape index (κ3) is 4.01. The van der Waals surface area contributed by atoms with Gasteiger partial charge in [-0.2, -0.15) is 0 Å². The second-order valence-corrected chi connectivity index (χ2v) is 8.14. The number of carbonyl (C=O) groups excluding carboxylic acids is 2. The average molecular weight is 459 g/mol. The molecule has 2 aliphatic rings. The lowest BCUT2D eigenvalue weighted by molar-refractivity contribution is -0.139. The Morgan fingerprint density at radius 3 is 2.38 bits per heavy atom. The third-order valence-electron chi connectivity index (χ3n) is 6.03. The first kappa shape index (κ1) is 21.7. The molecule has 2 aliphatic heterocycles. The summed E-state index contributed by atoms with van der Waals surface area (Å²) in [5, 5.41) is 11.2. The molecule has 6 nitrogen and oxygen atoms in total. The molecule has 5 rings (SSSR count). The van der Waals surface area contributed by atoms with Gasteiger partial charge in [0.15, 0.2) is 11.5 Å². The summed E-state index contributed by atoms with van der Waals surface area (Å²) in [5.74, 6) is -1.24. The third-order valence-corrected chi connectivity index (χ3v) is 6.03. The van der Waals surface area contributed by atoms with Crippen LogP contribution < -0.4 is 9.47 Å². The van der Waals surface area contributed by atoms with Crippen LogP contribution in [0.1, 0.15) is 22.7 Å². The number of ketones is 1. The van der Waals surface area contributed by atoms with E-state index < -0.39 is 23.5 Å². The van der Waals surface area contributed by atoms with Gasteiger partial charge in [0.25, 0.3) is 11.7 Å². The van der Waals surface area contributed by atoms with Crippen LogP contribution in [0.4, 0.5) is 4.39 Å². The lowest BCUT2D eigenvalue weighted by Crippen LogP contribution is -2.31. The Bertz CT molecular complexity index is 1270. The normalized spacial score (nSPS) is 18.9. The number of likely N-dealkylation sites (tertiary alicyclic amines) is 1. The fourth-order valence-corrected chi connectivity index (χ4v) is 4.34. The second-order valence-electron chi connectivity index (χ2n) is 8.14. The van der Waals surface area contributed by atoms with Crippen LogP contribution in [0.2, 0.25) is 0 Å². The standard InChI is InChI=1S/C27H22FNO5/c28-20-9-6-18(7-10-20)24-23(25(30)19-8-11-21-22(16-19)34-15-14-33-21)26(31)27(32)29(24)13-12-17-4-2-1-3-5-17/h1-11,16,24,30H,12-15H2. The molecular weight excluding hydrogens is 437 g/mol. The Kier molecular flexibility index (Phi) is 5.76. The number of rotatable bonds is 5. The van der Waals surface area contributed by atoms with E-state index in [1.54, 1.807) is 18.2 Å². The van der Waals surface area contributed by atoms with Gasteiger partial charge in [0.2, 0.25) is 0 Å². The number of aliphatic hydroxyl groups is 1. The summed E-state index contributed by atoms with van der Waals surface area (Å²) >= 11 is 0. The summed E-state index contributed by atoms with van der Waals surface area (Å²) in [7, 11) is 0. The van der Waals surface area contributed by atoms with Gasteiger partial charge in [-0.05, 0) is 47.9 Å². The van der Waals surface area contributed by atoms with Crippen LogP contribution >= 0.6 is 0 Å². The Hall–Kier alpha value is -4.13. The van der Waals surface area contributed by atoms with Crippen molar-refractivity contribution < 1.29 is 28.6 Å². The summed E-state index contributed by atoms with van der Waals surface area (Å²) in [6.07, 6.45) is 0.523. The van der Waals surface area contributed by atoms with Crippen molar-refractivity contribution in [1.82, 2.24) is 4.90 Å². The summed E-state index contributed by atoms with van der Waals surface area (Å²) in [6.45, 7) is 1.06. The zero-order valence-electron chi connectivity index (χ0n) is 18.2. The van der Waals surface area contributed by atoms with E-state index in [0.29, 0.717) is 42.3 Å². The van der Waals surface area contributed by atoms with Gasteiger partial charge in [-0.3, -0.25) is 9.59 Å². The maximum Gasteiger partial charge on any atom is 0.295 e. The molecule has 0 bridgehead atoms. The van der Waals surface area contributed by atoms with Gasteiger partial charge in [0.1, 0.15) is 24.8 Å². The first-order valence-electron chi connectivity index (χ1n) is 11.0. The maximum atomic E-state index is 13.6. The molecule has 0 radical (unpaired) electrons.